The summed E-state index contributed by atoms with van der Waals surface area (Å²) >= 11 is 2.16. The predicted octanol–water partition coefficient (Wildman–Crippen LogP) is 3.30. The Morgan fingerprint density at radius 2 is 1.88 bits per heavy atom. The molecule has 0 fully saturated rings. The van der Waals surface area contributed by atoms with Crippen LogP contribution in [0.3, 0.4) is 0 Å². The monoisotopic (exact) mass is 513 g/mol. The molecule has 1 aromatic carbocycles. The molecule has 6 nitrogen and oxygen atoms in total. The van der Waals surface area contributed by atoms with Gasteiger partial charge in [0.05, 0.1) is 28.6 Å². The second-order valence-electron chi connectivity index (χ2n) is 5.03. The third-order valence-electron chi connectivity index (χ3n) is 3.06. The van der Waals surface area contributed by atoms with E-state index in [9.17, 15) is 0 Å². The maximum atomic E-state index is 5.80. The number of aromatic nitrogens is 3. The SMILES string of the molecule is CNc1nc(OCC(P)(P)C(P)P)nc(N(I)c2ccccc2)n1. The number of ether oxygens (including phenoxy) is 1. The second kappa shape index (κ2) is 9.14. The van der Waals surface area contributed by atoms with E-state index in [-0.39, 0.29) is 16.3 Å². The fourth-order valence-corrected chi connectivity index (χ4v) is 2.47. The molecule has 24 heavy (non-hydrogen) atoms. The number of para-hydroxylation sites is 1. The Hall–Kier alpha value is 0.0800. The van der Waals surface area contributed by atoms with Crippen molar-refractivity contribution in [1.29, 1.82) is 0 Å². The van der Waals surface area contributed by atoms with Crippen LogP contribution >= 0.6 is 59.8 Å². The van der Waals surface area contributed by atoms with Crippen molar-refractivity contribution in [2.45, 2.75) is 10.3 Å². The fourth-order valence-electron chi connectivity index (χ4n) is 1.57. The number of halogens is 1. The number of rotatable bonds is 7. The standard InChI is InChI=1S/C13H20IN5OP4/c1-15-10-16-11(19(14)8-5-3-2-4-6-8)18-12(17-10)20-7-13(23,24)9(21)22/h2-6,9H,7,21-24H2,1H3,(H,15,16,17,18). The number of anilines is 3. The largest absolute Gasteiger partial charge is 0.462 e. The first-order valence-corrected chi connectivity index (χ1v) is 10.5. The van der Waals surface area contributed by atoms with Gasteiger partial charge in [0.25, 0.3) is 0 Å². The average Bonchev–Trinajstić information content (AvgIpc) is 2.59. The molecule has 0 aliphatic carbocycles. The lowest BCUT2D eigenvalue weighted by molar-refractivity contribution is 0.287. The lowest BCUT2D eigenvalue weighted by Gasteiger charge is -2.27. The number of nitrogens with one attached hydrogen (secondary N) is 1. The van der Waals surface area contributed by atoms with Gasteiger partial charge in [0.2, 0.25) is 11.9 Å². The molecular formula is C13H20IN5OP4. The van der Waals surface area contributed by atoms with Crippen LogP contribution in [0.5, 0.6) is 6.01 Å². The Labute approximate surface area is 165 Å². The zero-order valence-corrected chi connectivity index (χ0v) is 19.8. The first-order chi connectivity index (χ1) is 11.3. The van der Waals surface area contributed by atoms with Crippen molar-refractivity contribution >= 4 is 77.4 Å². The molecule has 2 aromatic rings. The van der Waals surface area contributed by atoms with Gasteiger partial charge >= 0.3 is 6.01 Å². The van der Waals surface area contributed by atoms with E-state index in [2.05, 4.69) is 80.1 Å². The Balaban J connectivity index is 2.24. The first kappa shape index (κ1) is 20.4. The van der Waals surface area contributed by atoms with Gasteiger partial charge in [-0.1, -0.05) is 18.2 Å². The Morgan fingerprint density at radius 1 is 1.21 bits per heavy atom. The van der Waals surface area contributed by atoms with Crippen LogP contribution in [0.25, 0.3) is 0 Å². The number of hydrogen-bond donors (Lipinski definition) is 1. The van der Waals surface area contributed by atoms with Crippen molar-refractivity contribution in [1.82, 2.24) is 15.0 Å². The summed E-state index contributed by atoms with van der Waals surface area (Å²) in [6, 6.07) is 10.2. The molecule has 2 rings (SSSR count). The molecule has 0 radical (unpaired) electrons. The minimum absolute atomic E-state index is 0.203. The van der Waals surface area contributed by atoms with E-state index in [1.807, 2.05) is 33.4 Å². The highest BCUT2D eigenvalue weighted by Gasteiger charge is 2.25. The third kappa shape index (κ3) is 5.54. The summed E-state index contributed by atoms with van der Waals surface area (Å²) in [6.07, 6.45) is 0. The van der Waals surface area contributed by atoms with Crippen LogP contribution in [-0.4, -0.2) is 38.9 Å². The van der Waals surface area contributed by atoms with Gasteiger partial charge in [-0.25, -0.2) is 0 Å². The molecule has 0 saturated carbocycles. The van der Waals surface area contributed by atoms with Gasteiger partial charge in [0.15, 0.2) is 0 Å². The number of benzene rings is 1. The molecule has 0 bridgehead atoms. The van der Waals surface area contributed by atoms with E-state index in [1.54, 1.807) is 7.05 Å². The smallest absolute Gasteiger partial charge is 0.323 e. The van der Waals surface area contributed by atoms with Crippen LogP contribution < -0.4 is 13.2 Å². The van der Waals surface area contributed by atoms with Crippen molar-refractivity contribution in [3.8, 4) is 6.01 Å². The van der Waals surface area contributed by atoms with E-state index in [0.29, 0.717) is 18.5 Å². The Kier molecular flexibility index (Phi) is 7.77. The minimum atomic E-state index is -0.203. The highest BCUT2D eigenvalue weighted by atomic mass is 127. The van der Waals surface area contributed by atoms with Crippen LogP contribution in [0.2, 0.25) is 0 Å². The molecule has 0 aliphatic rings. The van der Waals surface area contributed by atoms with Crippen LogP contribution in [0.1, 0.15) is 0 Å². The summed E-state index contributed by atoms with van der Waals surface area (Å²) in [4.78, 5) is 12.9. The molecular weight excluding hydrogens is 493 g/mol. The molecule has 1 N–H and O–H groups in total. The lowest BCUT2D eigenvalue weighted by atomic mass is 10.3. The number of nitrogens with zero attached hydrogens (tertiary/aromatic N) is 4. The van der Waals surface area contributed by atoms with Crippen LogP contribution in [0, 0.1) is 0 Å². The van der Waals surface area contributed by atoms with Gasteiger partial charge in [0.1, 0.15) is 6.61 Å². The normalized spacial score (nSPS) is 11.5. The molecule has 4 unspecified atom stereocenters. The van der Waals surface area contributed by atoms with Crippen molar-refractivity contribution in [3.05, 3.63) is 30.3 Å². The summed E-state index contributed by atoms with van der Waals surface area (Å²) < 4.78 is 7.66. The van der Waals surface area contributed by atoms with Crippen molar-refractivity contribution in [2.75, 3.05) is 22.1 Å². The van der Waals surface area contributed by atoms with Crippen molar-refractivity contribution in [3.63, 3.8) is 0 Å². The van der Waals surface area contributed by atoms with Crippen LogP contribution in [0.4, 0.5) is 17.6 Å². The summed E-state index contributed by atoms with van der Waals surface area (Å²) in [7, 11) is 12.8. The lowest BCUT2D eigenvalue weighted by Crippen LogP contribution is -2.28. The minimum Gasteiger partial charge on any atom is -0.462 e. The van der Waals surface area contributed by atoms with Gasteiger partial charge in [-0.2, -0.15) is 15.0 Å². The highest BCUT2D eigenvalue weighted by molar-refractivity contribution is 14.1. The first-order valence-electron chi connectivity index (χ1n) is 7.00. The quantitative estimate of drug-likeness (QED) is 0.349. The molecule has 0 aliphatic heterocycles. The molecule has 1 aromatic heterocycles. The Morgan fingerprint density at radius 3 is 2.46 bits per heavy atom. The molecule has 0 saturated heterocycles. The van der Waals surface area contributed by atoms with Gasteiger partial charge in [-0.3, -0.25) is 3.11 Å². The third-order valence-corrected chi connectivity index (χ3v) is 7.93. The second-order valence-corrected chi connectivity index (χ2v) is 11.0. The van der Waals surface area contributed by atoms with E-state index in [1.165, 1.54) is 0 Å². The zero-order chi connectivity index (χ0) is 17.7. The van der Waals surface area contributed by atoms with Gasteiger partial charge in [0, 0.05) is 17.3 Å². The molecule has 130 valence electrons. The summed E-state index contributed by atoms with van der Waals surface area (Å²) in [5.74, 6) is 0.960. The molecule has 0 amide bonds. The topological polar surface area (TPSA) is 63.2 Å². The van der Waals surface area contributed by atoms with Gasteiger partial charge < -0.3 is 10.1 Å². The summed E-state index contributed by atoms with van der Waals surface area (Å²) in [5.41, 5.74) is 0.971. The summed E-state index contributed by atoms with van der Waals surface area (Å²) in [6.45, 7) is 0.430. The molecule has 0 spiro atoms. The summed E-state index contributed by atoms with van der Waals surface area (Å²) in [5, 5.41) is 3.20. The Bertz CT molecular complexity index is 677. The van der Waals surface area contributed by atoms with Gasteiger partial charge in [-0.05, 0) is 12.1 Å². The van der Waals surface area contributed by atoms with E-state index >= 15 is 0 Å². The average molecular weight is 513 g/mol. The maximum absolute atomic E-state index is 5.80. The maximum Gasteiger partial charge on any atom is 0.323 e. The van der Waals surface area contributed by atoms with Crippen LogP contribution in [0.15, 0.2) is 30.3 Å². The van der Waals surface area contributed by atoms with Crippen LogP contribution in [-0.2, 0) is 0 Å². The molecule has 4 atom stereocenters. The molecule has 11 heteroatoms. The van der Waals surface area contributed by atoms with E-state index in [4.69, 9.17) is 4.74 Å². The zero-order valence-electron chi connectivity index (χ0n) is 13.1. The van der Waals surface area contributed by atoms with Gasteiger partial charge in [-0.15, -0.1) is 37.0 Å². The van der Waals surface area contributed by atoms with E-state index < -0.39 is 0 Å². The molecule has 1 heterocycles. The number of hydrogen-bond acceptors (Lipinski definition) is 6. The predicted molar refractivity (Wildman–Crippen MR) is 123 cm³/mol. The van der Waals surface area contributed by atoms with Crippen molar-refractivity contribution < 1.29 is 4.74 Å². The van der Waals surface area contributed by atoms with E-state index in [0.717, 1.165) is 5.69 Å². The highest BCUT2D eigenvalue weighted by Crippen LogP contribution is 2.39. The fraction of sp³-hybridized carbons (Fsp3) is 0.308. The van der Waals surface area contributed by atoms with Crippen molar-refractivity contribution in [2.24, 2.45) is 0 Å².